The van der Waals surface area contributed by atoms with Gasteiger partial charge >= 0.3 is 0 Å². The first-order valence-corrected chi connectivity index (χ1v) is 11.6. The van der Waals surface area contributed by atoms with Crippen molar-refractivity contribution in [3.63, 3.8) is 0 Å². The van der Waals surface area contributed by atoms with Crippen LogP contribution in [0.5, 0.6) is 5.88 Å². The fraction of sp³-hybridized carbons (Fsp3) is 0.280. The van der Waals surface area contributed by atoms with Crippen LogP contribution in [0.15, 0.2) is 66.1 Å². The Kier molecular flexibility index (Phi) is 6.53. The molecule has 2 N–H and O–H groups in total. The summed E-state index contributed by atoms with van der Waals surface area (Å²) in [4.78, 5) is 26.7. The van der Waals surface area contributed by atoms with E-state index in [0.29, 0.717) is 28.4 Å². The number of ether oxygens (including phenoxy) is 1. The third kappa shape index (κ3) is 4.92. The van der Waals surface area contributed by atoms with Gasteiger partial charge in [-0.15, -0.1) is 6.58 Å². The first-order chi connectivity index (χ1) is 17.1. The van der Waals surface area contributed by atoms with Gasteiger partial charge in [-0.3, -0.25) is 4.79 Å². The highest BCUT2D eigenvalue weighted by molar-refractivity contribution is 5.77. The van der Waals surface area contributed by atoms with Crippen LogP contribution < -0.4 is 20.9 Å². The zero-order valence-electron chi connectivity index (χ0n) is 19.2. The lowest BCUT2D eigenvalue weighted by Crippen LogP contribution is -2.23. The van der Waals surface area contributed by atoms with Crippen molar-refractivity contribution in [2.45, 2.75) is 31.9 Å². The van der Waals surface area contributed by atoms with Gasteiger partial charge in [0, 0.05) is 18.0 Å². The first kappa shape index (κ1) is 22.7. The van der Waals surface area contributed by atoms with Crippen molar-refractivity contribution in [2.75, 3.05) is 18.4 Å². The predicted molar refractivity (Wildman–Crippen MR) is 132 cm³/mol. The van der Waals surface area contributed by atoms with Crippen LogP contribution in [0.3, 0.4) is 0 Å². The normalized spacial score (nSPS) is 16.1. The fourth-order valence-corrected chi connectivity index (χ4v) is 4.13. The van der Waals surface area contributed by atoms with Gasteiger partial charge in [0.1, 0.15) is 17.3 Å². The molecule has 5 rings (SSSR count). The van der Waals surface area contributed by atoms with Crippen LogP contribution in [0.4, 0.5) is 16.0 Å². The highest BCUT2D eigenvalue weighted by Crippen LogP contribution is 2.21. The maximum atomic E-state index is 13.3. The van der Waals surface area contributed by atoms with Gasteiger partial charge in [0.15, 0.2) is 11.5 Å². The molecule has 1 atom stereocenters. The fourth-order valence-electron chi connectivity index (χ4n) is 4.13. The lowest BCUT2D eigenvalue weighted by Gasteiger charge is -2.17. The van der Waals surface area contributed by atoms with E-state index in [2.05, 4.69) is 27.2 Å². The average Bonchev–Trinajstić information content (AvgIpc) is 3.00. The Labute approximate surface area is 201 Å². The summed E-state index contributed by atoms with van der Waals surface area (Å²) in [6.07, 6.45) is 6.11. The van der Waals surface area contributed by atoms with E-state index in [1.807, 2.05) is 12.1 Å². The summed E-state index contributed by atoms with van der Waals surface area (Å²) in [5, 5.41) is 6.78. The first-order valence-electron chi connectivity index (χ1n) is 11.6. The molecule has 35 heavy (non-hydrogen) atoms. The van der Waals surface area contributed by atoms with Gasteiger partial charge < -0.3 is 15.4 Å². The minimum atomic E-state index is -0.337. The molecule has 0 bridgehead atoms. The molecule has 1 aromatic carbocycles. The van der Waals surface area contributed by atoms with Crippen LogP contribution in [-0.4, -0.2) is 43.5 Å². The van der Waals surface area contributed by atoms with Crippen molar-refractivity contribution in [2.24, 2.45) is 0 Å². The summed E-state index contributed by atoms with van der Waals surface area (Å²) in [5.74, 6) is 0.921. The molecule has 0 spiro atoms. The summed E-state index contributed by atoms with van der Waals surface area (Å²) < 4.78 is 22.6. The molecule has 0 aliphatic carbocycles. The topological polar surface area (TPSA) is 98.9 Å². The molecule has 1 aliphatic rings. The molecule has 4 aromatic rings. The van der Waals surface area contributed by atoms with E-state index < -0.39 is 0 Å². The maximum Gasteiger partial charge on any atom is 0.278 e. The Morgan fingerprint density at radius 3 is 2.86 bits per heavy atom. The van der Waals surface area contributed by atoms with Crippen molar-refractivity contribution in [1.82, 2.24) is 29.6 Å². The van der Waals surface area contributed by atoms with Gasteiger partial charge in [0.25, 0.3) is 5.56 Å². The van der Waals surface area contributed by atoms with Crippen molar-refractivity contribution >= 4 is 22.7 Å². The Balaban J connectivity index is 1.54. The van der Waals surface area contributed by atoms with E-state index in [9.17, 15) is 9.18 Å². The smallest absolute Gasteiger partial charge is 0.278 e. The van der Waals surface area contributed by atoms with Crippen molar-refractivity contribution in [1.29, 1.82) is 0 Å². The van der Waals surface area contributed by atoms with Gasteiger partial charge in [-0.2, -0.15) is 9.97 Å². The second kappa shape index (κ2) is 10.1. The molecule has 0 radical (unpaired) electrons. The van der Waals surface area contributed by atoms with E-state index in [4.69, 9.17) is 9.72 Å². The molecule has 1 saturated heterocycles. The number of allylic oxidation sites excluding steroid dienone is 1. The quantitative estimate of drug-likeness (QED) is 0.394. The highest BCUT2D eigenvalue weighted by atomic mass is 19.1. The summed E-state index contributed by atoms with van der Waals surface area (Å²) in [5.41, 5.74) is 0.757. The number of anilines is 2. The largest absolute Gasteiger partial charge is 0.474 e. The molecule has 3 aromatic heterocycles. The second-order valence-corrected chi connectivity index (χ2v) is 8.31. The standard InChI is InChI=1S/C25H26FN7O2/c1-2-15-32-24(34)20-16-28-25(29-18-10-8-17(26)9-11-18)31-23(20)33(32)21-6-3-7-22(30-21)35-19-5-4-13-27-14-12-19/h2-3,6-11,16,19,27H,1,4-5,12-15H2,(H,28,29,31)/t19-/m0/s1. The second-order valence-electron chi connectivity index (χ2n) is 8.31. The Morgan fingerprint density at radius 2 is 2.03 bits per heavy atom. The number of halogens is 1. The molecule has 180 valence electrons. The van der Waals surface area contributed by atoms with Crippen LogP contribution in [0.2, 0.25) is 0 Å². The third-order valence-corrected chi connectivity index (χ3v) is 5.81. The van der Waals surface area contributed by atoms with E-state index in [1.54, 1.807) is 29.0 Å². The molecular weight excluding hydrogens is 449 g/mol. The van der Waals surface area contributed by atoms with Crippen molar-refractivity contribution < 1.29 is 9.13 Å². The minimum absolute atomic E-state index is 0.0818. The lowest BCUT2D eigenvalue weighted by molar-refractivity contribution is 0.179. The Bertz CT molecular complexity index is 1390. The van der Waals surface area contributed by atoms with E-state index in [-0.39, 0.29) is 30.0 Å². The number of hydrogen-bond donors (Lipinski definition) is 2. The summed E-state index contributed by atoms with van der Waals surface area (Å²) >= 11 is 0. The molecule has 4 heterocycles. The summed E-state index contributed by atoms with van der Waals surface area (Å²) in [6, 6.07) is 11.3. The van der Waals surface area contributed by atoms with Gasteiger partial charge in [0.2, 0.25) is 11.8 Å². The summed E-state index contributed by atoms with van der Waals surface area (Å²) in [7, 11) is 0. The molecule has 9 nitrogen and oxygen atoms in total. The van der Waals surface area contributed by atoms with Crippen LogP contribution in [-0.2, 0) is 6.54 Å². The average molecular weight is 476 g/mol. The van der Waals surface area contributed by atoms with Crippen molar-refractivity contribution in [3.05, 3.63) is 77.5 Å². The van der Waals surface area contributed by atoms with Gasteiger partial charge in [-0.05, 0) is 62.7 Å². The third-order valence-electron chi connectivity index (χ3n) is 5.81. The predicted octanol–water partition coefficient (Wildman–Crippen LogP) is 3.57. The maximum absolute atomic E-state index is 13.3. The molecule has 0 unspecified atom stereocenters. The Hall–Kier alpha value is -4.05. The van der Waals surface area contributed by atoms with Crippen LogP contribution >= 0.6 is 0 Å². The van der Waals surface area contributed by atoms with Gasteiger partial charge in [0.05, 0.1) is 6.54 Å². The lowest BCUT2D eigenvalue weighted by atomic mass is 10.2. The number of benzene rings is 1. The Morgan fingerprint density at radius 1 is 1.17 bits per heavy atom. The summed E-state index contributed by atoms with van der Waals surface area (Å²) in [6.45, 7) is 5.94. The highest BCUT2D eigenvalue weighted by Gasteiger charge is 2.19. The number of nitrogens with zero attached hydrogens (tertiary/aromatic N) is 5. The van der Waals surface area contributed by atoms with Gasteiger partial charge in [-0.25, -0.2) is 18.7 Å². The molecular formula is C25H26FN7O2. The molecule has 10 heteroatoms. The molecule has 1 aliphatic heterocycles. The molecule has 0 amide bonds. The SMILES string of the molecule is C=CCn1c(=O)c2cnc(Nc3ccc(F)cc3)nc2n1-c1cccc(O[C@H]2CCCNCC2)n1. The monoisotopic (exact) mass is 475 g/mol. The zero-order valence-corrected chi connectivity index (χ0v) is 19.2. The number of hydrogen-bond acceptors (Lipinski definition) is 7. The number of fused-ring (bicyclic) bond motifs is 1. The minimum Gasteiger partial charge on any atom is -0.474 e. The number of rotatable bonds is 7. The molecule has 0 saturated carbocycles. The van der Waals surface area contributed by atoms with Gasteiger partial charge in [-0.1, -0.05) is 12.1 Å². The van der Waals surface area contributed by atoms with E-state index in [1.165, 1.54) is 23.0 Å². The van der Waals surface area contributed by atoms with E-state index >= 15 is 0 Å². The van der Waals surface area contributed by atoms with Crippen LogP contribution in [0.25, 0.3) is 16.9 Å². The van der Waals surface area contributed by atoms with Crippen molar-refractivity contribution in [3.8, 4) is 11.7 Å². The van der Waals surface area contributed by atoms with Crippen LogP contribution in [0, 0.1) is 5.82 Å². The van der Waals surface area contributed by atoms with E-state index in [0.717, 1.165) is 32.4 Å². The number of aromatic nitrogens is 5. The zero-order chi connectivity index (χ0) is 24.2. The number of pyridine rings is 1. The molecule has 1 fully saturated rings. The number of nitrogens with one attached hydrogen (secondary N) is 2. The van der Waals surface area contributed by atoms with Crippen LogP contribution in [0.1, 0.15) is 19.3 Å².